The van der Waals surface area contributed by atoms with E-state index in [9.17, 15) is 18.0 Å². The van der Waals surface area contributed by atoms with Crippen LogP contribution in [0.15, 0.2) is 46.9 Å². The molecule has 31 heavy (non-hydrogen) atoms. The van der Waals surface area contributed by atoms with E-state index in [0.29, 0.717) is 35.1 Å². The summed E-state index contributed by atoms with van der Waals surface area (Å²) in [6.07, 6.45) is -3.07. The third kappa shape index (κ3) is 4.70. The Kier molecular flexibility index (Phi) is 5.94. The summed E-state index contributed by atoms with van der Waals surface area (Å²) in [6.45, 7) is 2.92. The van der Waals surface area contributed by atoms with Crippen molar-refractivity contribution >= 4 is 34.3 Å². The highest BCUT2D eigenvalue weighted by atomic mass is 35.5. The minimum absolute atomic E-state index is 0.114. The number of nitrogens with zero attached hydrogens (tertiary/aromatic N) is 2. The van der Waals surface area contributed by atoms with Crippen LogP contribution in [-0.4, -0.2) is 34.9 Å². The lowest BCUT2D eigenvalue weighted by Gasteiger charge is -2.34. The molecule has 4 rings (SSSR count). The van der Waals surface area contributed by atoms with Crippen LogP contribution in [-0.2, 0) is 11.0 Å². The zero-order valence-electron chi connectivity index (χ0n) is 16.7. The monoisotopic (exact) mass is 451 g/mol. The van der Waals surface area contributed by atoms with E-state index in [1.165, 1.54) is 18.2 Å². The molecule has 2 heterocycles. The summed E-state index contributed by atoms with van der Waals surface area (Å²) in [5.41, 5.74) is 0.302. The van der Waals surface area contributed by atoms with Crippen molar-refractivity contribution in [2.45, 2.75) is 37.9 Å². The lowest BCUT2D eigenvalue weighted by molar-refractivity contribution is -0.137. The van der Waals surface area contributed by atoms with E-state index < -0.39 is 23.7 Å². The molecule has 1 aliphatic rings. The molecule has 1 aromatic heterocycles. The topological polar surface area (TPSA) is 58.4 Å². The second-order valence-corrected chi connectivity index (χ2v) is 8.12. The Balaban J connectivity index is 1.39. The number of carbonyl (C=O) groups excluding carboxylic acids is 1. The van der Waals surface area contributed by atoms with Gasteiger partial charge in [0, 0.05) is 10.9 Å². The van der Waals surface area contributed by atoms with Gasteiger partial charge in [0.2, 0.25) is 5.91 Å². The van der Waals surface area contributed by atoms with Gasteiger partial charge in [-0.2, -0.15) is 13.2 Å². The third-order valence-electron chi connectivity index (χ3n) is 5.66. The highest BCUT2D eigenvalue weighted by Gasteiger charge is 2.35. The van der Waals surface area contributed by atoms with Gasteiger partial charge in [0.15, 0.2) is 11.5 Å². The van der Waals surface area contributed by atoms with Crippen LogP contribution < -0.4 is 5.32 Å². The number of alkyl halides is 3. The van der Waals surface area contributed by atoms with Crippen molar-refractivity contribution in [1.29, 1.82) is 0 Å². The van der Waals surface area contributed by atoms with E-state index in [1.54, 1.807) is 25.1 Å². The maximum absolute atomic E-state index is 13.2. The minimum atomic E-state index is -4.53. The predicted molar refractivity (Wildman–Crippen MR) is 112 cm³/mol. The third-order valence-corrected chi connectivity index (χ3v) is 5.90. The van der Waals surface area contributed by atoms with Crippen molar-refractivity contribution in [3.63, 3.8) is 0 Å². The number of rotatable bonds is 4. The summed E-state index contributed by atoms with van der Waals surface area (Å²) in [7, 11) is 0. The molecule has 5 nitrogen and oxygen atoms in total. The number of fused-ring (bicyclic) bond motifs is 1. The van der Waals surface area contributed by atoms with Crippen LogP contribution in [0.1, 0.15) is 37.1 Å². The van der Waals surface area contributed by atoms with Gasteiger partial charge in [0.1, 0.15) is 5.52 Å². The number of para-hydroxylation sites is 1. The Hall–Kier alpha value is -2.58. The average Bonchev–Trinajstić information content (AvgIpc) is 3.16. The fraction of sp³-hybridized carbons (Fsp3) is 0.364. The molecule has 1 saturated heterocycles. The van der Waals surface area contributed by atoms with Crippen LogP contribution in [0.5, 0.6) is 0 Å². The molecular formula is C22H21ClF3N3O2. The van der Waals surface area contributed by atoms with Gasteiger partial charge < -0.3 is 9.73 Å². The number of halogens is 4. The highest BCUT2D eigenvalue weighted by Crippen LogP contribution is 2.35. The van der Waals surface area contributed by atoms with Gasteiger partial charge in [-0.05, 0) is 63.2 Å². The molecule has 3 aromatic rings. The zero-order chi connectivity index (χ0) is 22.2. The normalized spacial score (nSPS) is 17.1. The first-order valence-electron chi connectivity index (χ1n) is 9.99. The number of oxazole rings is 1. The van der Waals surface area contributed by atoms with Gasteiger partial charge >= 0.3 is 6.18 Å². The average molecular weight is 452 g/mol. The fourth-order valence-electron chi connectivity index (χ4n) is 3.87. The Labute approximate surface area is 182 Å². The second-order valence-electron chi connectivity index (χ2n) is 7.68. The molecule has 1 fully saturated rings. The number of aromatic nitrogens is 1. The first-order valence-corrected chi connectivity index (χ1v) is 10.4. The molecule has 9 heteroatoms. The largest absolute Gasteiger partial charge is 0.440 e. The predicted octanol–water partition coefficient (Wildman–Crippen LogP) is 5.71. The first-order chi connectivity index (χ1) is 14.7. The van der Waals surface area contributed by atoms with Crippen LogP contribution >= 0.6 is 11.6 Å². The maximum atomic E-state index is 13.2. The molecule has 1 aliphatic heterocycles. The molecule has 2 aromatic carbocycles. The summed E-state index contributed by atoms with van der Waals surface area (Å²) in [5, 5.41) is 3.03. The summed E-state index contributed by atoms with van der Waals surface area (Å²) in [5.74, 6) is 0.295. The molecule has 0 saturated carbocycles. The van der Waals surface area contributed by atoms with Gasteiger partial charge in [-0.15, -0.1) is 0 Å². The Morgan fingerprint density at radius 2 is 1.94 bits per heavy atom. The standard InChI is InChI=1S/C22H21ClF3N3O2/c1-13(20(30)27-17-5-3-2-4-16(17)22(24,25)26)29-10-8-14(9-11-29)21-28-18-12-15(23)6-7-19(18)31-21/h2-7,12-14H,8-11H2,1H3,(H,27,30). The first kappa shape index (κ1) is 21.6. The molecule has 0 aliphatic carbocycles. The van der Waals surface area contributed by atoms with Gasteiger partial charge in [0.25, 0.3) is 0 Å². The second kappa shape index (κ2) is 8.51. The van der Waals surface area contributed by atoms with Crippen LogP contribution in [0.2, 0.25) is 5.02 Å². The number of anilines is 1. The van der Waals surface area contributed by atoms with Crippen molar-refractivity contribution in [2.24, 2.45) is 0 Å². The maximum Gasteiger partial charge on any atom is 0.418 e. The zero-order valence-corrected chi connectivity index (χ0v) is 17.5. The summed E-state index contributed by atoms with van der Waals surface area (Å²) in [4.78, 5) is 19.1. The molecule has 1 atom stereocenters. The summed E-state index contributed by atoms with van der Waals surface area (Å²) < 4.78 is 45.4. The van der Waals surface area contributed by atoms with E-state index in [2.05, 4.69) is 10.3 Å². The number of nitrogens with one attached hydrogen (secondary N) is 1. The molecule has 164 valence electrons. The Morgan fingerprint density at radius 1 is 1.23 bits per heavy atom. The Morgan fingerprint density at radius 3 is 2.65 bits per heavy atom. The van der Waals surface area contributed by atoms with E-state index >= 15 is 0 Å². The quantitative estimate of drug-likeness (QED) is 0.552. The molecule has 0 bridgehead atoms. The van der Waals surface area contributed by atoms with Crippen molar-refractivity contribution in [1.82, 2.24) is 9.88 Å². The molecule has 1 N–H and O–H groups in total. The number of hydrogen-bond donors (Lipinski definition) is 1. The number of benzene rings is 2. The number of carbonyl (C=O) groups is 1. The van der Waals surface area contributed by atoms with Crippen molar-refractivity contribution < 1.29 is 22.4 Å². The van der Waals surface area contributed by atoms with E-state index in [4.69, 9.17) is 16.0 Å². The number of hydrogen-bond acceptors (Lipinski definition) is 4. The van der Waals surface area contributed by atoms with Gasteiger partial charge in [-0.25, -0.2) is 4.98 Å². The molecule has 1 unspecified atom stereocenters. The lowest BCUT2D eigenvalue weighted by Crippen LogP contribution is -2.45. The van der Waals surface area contributed by atoms with Crippen LogP contribution in [0.4, 0.5) is 18.9 Å². The van der Waals surface area contributed by atoms with Crippen LogP contribution in [0.3, 0.4) is 0 Å². The highest BCUT2D eigenvalue weighted by molar-refractivity contribution is 6.31. The SMILES string of the molecule is CC(C(=O)Nc1ccccc1C(F)(F)F)N1CCC(c2nc3cc(Cl)ccc3o2)CC1. The van der Waals surface area contributed by atoms with Crippen molar-refractivity contribution in [3.05, 3.63) is 58.9 Å². The fourth-order valence-corrected chi connectivity index (χ4v) is 4.04. The minimum Gasteiger partial charge on any atom is -0.440 e. The van der Waals surface area contributed by atoms with E-state index in [1.807, 2.05) is 4.90 Å². The smallest absolute Gasteiger partial charge is 0.418 e. The van der Waals surface area contributed by atoms with Gasteiger partial charge in [0.05, 0.1) is 17.3 Å². The Bertz CT molecular complexity index is 1090. The number of amides is 1. The lowest BCUT2D eigenvalue weighted by atomic mass is 9.95. The van der Waals surface area contributed by atoms with E-state index in [0.717, 1.165) is 18.9 Å². The summed E-state index contributed by atoms with van der Waals surface area (Å²) >= 11 is 6.00. The number of likely N-dealkylation sites (tertiary alicyclic amines) is 1. The molecule has 1 amide bonds. The van der Waals surface area contributed by atoms with E-state index in [-0.39, 0.29) is 11.6 Å². The molecule has 0 spiro atoms. The van der Waals surface area contributed by atoms with Crippen molar-refractivity contribution in [3.8, 4) is 0 Å². The van der Waals surface area contributed by atoms with Crippen molar-refractivity contribution in [2.75, 3.05) is 18.4 Å². The van der Waals surface area contributed by atoms with Gasteiger partial charge in [-0.1, -0.05) is 23.7 Å². The van der Waals surface area contributed by atoms with Gasteiger partial charge in [-0.3, -0.25) is 9.69 Å². The number of piperidine rings is 1. The van der Waals surface area contributed by atoms with Crippen LogP contribution in [0.25, 0.3) is 11.1 Å². The molecular weight excluding hydrogens is 431 g/mol. The molecule has 0 radical (unpaired) electrons. The summed E-state index contributed by atoms with van der Waals surface area (Å²) in [6, 6.07) is 9.71. The van der Waals surface area contributed by atoms with Crippen LogP contribution in [0, 0.1) is 0 Å².